The maximum absolute atomic E-state index is 11.6. The average Bonchev–Trinajstić information content (AvgIpc) is 2.24. The van der Waals surface area contributed by atoms with Gasteiger partial charge in [0, 0.05) is 11.5 Å². The molecule has 2 N–H and O–H groups in total. The summed E-state index contributed by atoms with van der Waals surface area (Å²) in [5.41, 5.74) is -0.163. The number of thioether (sulfide) groups is 1. The van der Waals surface area contributed by atoms with E-state index in [0.717, 1.165) is 5.75 Å². The lowest BCUT2D eigenvalue weighted by Gasteiger charge is -2.49. The molecule has 4 heteroatoms. The first-order valence-electron chi connectivity index (χ1n) is 6.03. The quantitative estimate of drug-likeness (QED) is 0.702. The predicted molar refractivity (Wildman–Crippen MR) is 68.6 cm³/mol. The van der Waals surface area contributed by atoms with Crippen molar-refractivity contribution in [1.29, 1.82) is 0 Å². The van der Waals surface area contributed by atoms with Gasteiger partial charge in [-0.05, 0) is 18.6 Å². The second-order valence-electron chi connectivity index (χ2n) is 5.10. The van der Waals surface area contributed by atoms with Crippen LogP contribution in [0.4, 0.5) is 0 Å². The Morgan fingerprint density at radius 3 is 2.75 bits per heavy atom. The first-order chi connectivity index (χ1) is 7.48. The molecule has 0 spiro atoms. The topological polar surface area (TPSA) is 49.3 Å². The largest absolute Gasteiger partial charge is 0.392 e. The van der Waals surface area contributed by atoms with E-state index in [9.17, 15) is 9.90 Å². The Labute approximate surface area is 102 Å². The van der Waals surface area contributed by atoms with E-state index in [-0.39, 0.29) is 23.5 Å². The van der Waals surface area contributed by atoms with Crippen molar-refractivity contribution < 1.29 is 9.90 Å². The Balaban J connectivity index is 2.16. The molecule has 1 amide bonds. The van der Waals surface area contributed by atoms with Crippen LogP contribution >= 0.6 is 11.8 Å². The van der Waals surface area contributed by atoms with Crippen LogP contribution in [0.1, 0.15) is 40.0 Å². The first-order valence-corrected chi connectivity index (χ1v) is 7.19. The summed E-state index contributed by atoms with van der Waals surface area (Å²) >= 11 is 1.69. The molecule has 16 heavy (non-hydrogen) atoms. The first kappa shape index (κ1) is 13.8. The number of aliphatic hydroxyl groups excluding tert-OH is 1. The third kappa shape index (κ3) is 3.39. The van der Waals surface area contributed by atoms with Gasteiger partial charge in [0.1, 0.15) is 0 Å². The molecule has 2 atom stereocenters. The summed E-state index contributed by atoms with van der Waals surface area (Å²) < 4.78 is 0. The van der Waals surface area contributed by atoms with Gasteiger partial charge in [0.15, 0.2) is 0 Å². The zero-order valence-electron chi connectivity index (χ0n) is 10.5. The number of hydrogen-bond donors (Lipinski definition) is 2. The molecule has 3 nitrogen and oxygen atoms in total. The van der Waals surface area contributed by atoms with E-state index in [0.29, 0.717) is 12.2 Å². The highest BCUT2D eigenvalue weighted by molar-refractivity contribution is 7.99. The second-order valence-corrected chi connectivity index (χ2v) is 6.20. The Bertz CT molecular complexity index is 243. The van der Waals surface area contributed by atoms with Crippen LogP contribution in [0.25, 0.3) is 0 Å². The fraction of sp³-hybridized carbons (Fsp3) is 0.917. The van der Waals surface area contributed by atoms with Crippen LogP contribution in [-0.2, 0) is 4.79 Å². The maximum atomic E-state index is 11.6. The third-order valence-corrected chi connectivity index (χ3v) is 4.47. The monoisotopic (exact) mass is 245 g/mol. The number of aliphatic hydroxyl groups is 1. The van der Waals surface area contributed by atoms with Gasteiger partial charge in [0.25, 0.3) is 0 Å². The normalized spacial score (nSPS) is 27.2. The number of unbranched alkanes of at least 4 members (excludes halogenated alkanes) is 1. The number of amides is 1. The zero-order chi connectivity index (χ0) is 12.2. The van der Waals surface area contributed by atoms with Gasteiger partial charge in [-0.2, -0.15) is 11.8 Å². The Kier molecular flexibility index (Phi) is 5.12. The zero-order valence-corrected chi connectivity index (χ0v) is 11.3. The number of nitrogens with one attached hydrogen (secondary N) is 1. The minimum Gasteiger partial charge on any atom is -0.392 e. The third-order valence-electron chi connectivity index (χ3n) is 3.43. The Morgan fingerprint density at radius 1 is 1.56 bits per heavy atom. The van der Waals surface area contributed by atoms with Crippen molar-refractivity contribution in [2.24, 2.45) is 5.41 Å². The molecule has 94 valence electrons. The van der Waals surface area contributed by atoms with Crippen molar-refractivity contribution in [1.82, 2.24) is 5.32 Å². The highest BCUT2D eigenvalue weighted by atomic mass is 32.2. The minimum absolute atomic E-state index is 0.103. The van der Waals surface area contributed by atoms with E-state index in [4.69, 9.17) is 0 Å². The van der Waals surface area contributed by atoms with Crippen LogP contribution in [0, 0.1) is 5.41 Å². The van der Waals surface area contributed by atoms with Crippen molar-refractivity contribution in [3.05, 3.63) is 0 Å². The van der Waals surface area contributed by atoms with Gasteiger partial charge < -0.3 is 10.4 Å². The van der Waals surface area contributed by atoms with E-state index in [1.807, 2.05) is 13.8 Å². The van der Waals surface area contributed by atoms with Crippen LogP contribution in [0.5, 0.6) is 0 Å². The molecule has 1 saturated carbocycles. The minimum atomic E-state index is -0.273. The predicted octanol–water partition coefficient (Wildman–Crippen LogP) is 1.80. The average molecular weight is 245 g/mol. The van der Waals surface area contributed by atoms with E-state index in [2.05, 4.69) is 12.2 Å². The molecule has 0 aromatic heterocycles. The molecule has 0 saturated heterocycles. The SMILES string of the molecule is CCCCSCC(=O)NC1CC(O)C1(C)C. The maximum Gasteiger partial charge on any atom is 0.230 e. The van der Waals surface area contributed by atoms with Gasteiger partial charge in [-0.1, -0.05) is 27.2 Å². The van der Waals surface area contributed by atoms with Crippen molar-refractivity contribution in [3.63, 3.8) is 0 Å². The molecule has 0 bridgehead atoms. The molecule has 1 aliphatic rings. The molecular formula is C12H23NO2S. The summed E-state index contributed by atoms with van der Waals surface area (Å²) in [6.07, 6.45) is 2.77. The van der Waals surface area contributed by atoms with Gasteiger partial charge in [-0.3, -0.25) is 4.79 Å². The fourth-order valence-electron chi connectivity index (χ4n) is 1.79. The second kappa shape index (κ2) is 5.92. The summed E-state index contributed by atoms with van der Waals surface area (Å²) in [4.78, 5) is 11.6. The van der Waals surface area contributed by atoms with E-state index >= 15 is 0 Å². The molecule has 1 rings (SSSR count). The van der Waals surface area contributed by atoms with Crippen LogP contribution in [-0.4, -0.2) is 34.7 Å². The van der Waals surface area contributed by atoms with Gasteiger partial charge in [0.05, 0.1) is 11.9 Å². The van der Waals surface area contributed by atoms with Crippen LogP contribution in [0.3, 0.4) is 0 Å². The Morgan fingerprint density at radius 2 is 2.25 bits per heavy atom. The molecule has 0 aromatic carbocycles. The van der Waals surface area contributed by atoms with Gasteiger partial charge in [-0.25, -0.2) is 0 Å². The molecule has 1 fully saturated rings. The summed E-state index contributed by atoms with van der Waals surface area (Å²) in [5.74, 6) is 1.70. The highest BCUT2D eigenvalue weighted by Gasteiger charge is 2.47. The fourth-order valence-corrected chi connectivity index (χ4v) is 2.70. The number of carbonyl (C=O) groups excluding carboxylic acids is 1. The summed E-state index contributed by atoms with van der Waals surface area (Å²) in [7, 11) is 0. The molecule has 2 unspecified atom stereocenters. The van der Waals surface area contributed by atoms with Crippen molar-refractivity contribution >= 4 is 17.7 Å². The van der Waals surface area contributed by atoms with Crippen molar-refractivity contribution in [2.45, 2.75) is 52.2 Å². The van der Waals surface area contributed by atoms with E-state index in [1.165, 1.54) is 12.8 Å². The summed E-state index contributed by atoms with van der Waals surface area (Å²) in [6.45, 7) is 6.14. The molecule has 0 radical (unpaired) electrons. The molecule has 0 aliphatic heterocycles. The van der Waals surface area contributed by atoms with Crippen LogP contribution in [0.2, 0.25) is 0 Å². The van der Waals surface area contributed by atoms with Crippen LogP contribution in [0.15, 0.2) is 0 Å². The number of hydrogen-bond acceptors (Lipinski definition) is 3. The highest BCUT2D eigenvalue weighted by Crippen LogP contribution is 2.40. The van der Waals surface area contributed by atoms with Crippen molar-refractivity contribution in [3.8, 4) is 0 Å². The van der Waals surface area contributed by atoms with E-state index in [1.54, 1.807) is 11.8 Å². The molecule has 0 heterocycles. The van der Waals surface area contributed by atoms with E-state index < -0.39 is 0 Å². The van der Waals surface area contributed by atoms with Crippen LogP contribution < -0.4 is 5.32 Å². The standard InChI is InChI=1S/C12H23NO2S/c1-4-5-6-16-8-11(15)13-9-7-10(14)12(9,2)3/h9-10,14H,4-8H2,1-3H3,(H,13,15). The lowest BCUT2D eigenvalue weighted by molar-refractivity contribution is -0.126. The number of carbonyl (C=O) groups is 1. The van der Waals surface area contributed by atoms with Gasteiger partial charge in [-0.15, -0.1) is 0 Å². The van der Waals surface area contributed by atoms with Gasteiger partial charge in [0.2, 0.25) is 5.91 Å². The number of rotatable bonds is 6. The lowest BCUT2D eigenvalue weighted by Crippen LogP contribution is -2.61. The summed E-state index contributed by atoms with van der Waals surface area (Å²) in [5, 5.41) is 12.5. The Hall–Kier alpha value is -0.220. The smallest absolute Gasteiger partial charge is 0.230 e. The molecule has 1 aliphatic carbocycles. The van der Waals surface area contributed by atoms with Gasteiger partial charge >= 0.3 is 0 Å². The van der Waals surface area contributed by atoms with Crippen molar-refractivity contribution in [2.75, 3.05) is 11.5 Å². The lowest BCUT2D eigenvalue weighted by atomic mass is 9.64. The molecule has 0 aromatic rings. The summed E-state index contributed by atoms with van der Waals surface area (Å²) in [6, 6.07) is 0.141. The molecular weight excluding hydrogens is 222 g/mol.